The molecule has 3 aromatic rings. The molecule has 4 rings (SSSR count). The summed E-state index contributed by atoms with van der Waals surface area (Å²) in [6.45, 7) is 2.88. The Morgan fingerprint density at radius 2 is 2.26 bits per heavy atom. The molecule has 0 spiro atoms. The second kappa shape index (κ2) is 7.75. The Labute approximate surface area is 157 Å². The van der Waals surface area contributed by atoms with Crippen molar-refractivity contribution in [2.24, 2.45) is 5.92 Å². The molecule has 1 atom stereocenters. The summed E-state index contributed by atoms with van der Waals surface area (Å²) in [5.74, 6) is 1.29. The first kappa shape index (κ1) is 17.5. The highest BCUT2D eigenvalue weighted by molar-refractivity contribution is 5.91. The molecule has 140 valence electrons. The molecule has 0 unspecified atom stereocenters. The van der Waals surface area contributed by atoms with E-state index >= 15 is 0 Å². The number of likely N-dealkylation sites (tertiary alicyclic amines) is 1. The minimum Gasteiger partial charge on any atom is -0.482 e. The second-order valence-electron chi connectivity index (χ2n) is 6.87. The van der Waals surface area contributed by atoms with Crippen LogP contribution in [0.2, 0.25) is 0 Å². The number of benzene rings is 1. The molecule has 1 aromatic carbocycles. The SMILES string of the molecule is CN1CC[C@H](CNC(=O)c2coc(COc3cccc4cccnc34)n2)C1. The Morgan fingerprint density at radius 1 is 1.37 bits per heavy atom. The fourth-order valence-electron chi connectivity index (χ4n) is 3.33. The molecular formula is C20H22N4O3. The first-order valence-corrected chi connectivity index (χ1v) is 9.07. The zero-order chi connectivity index (χ0) is 18.6. The van der Waals surface area contributed by atoms with Crippen LogP contribution >= 0.6 is 0 Å². The van der Waals surface area contributed by atoms with Crippen molar-refractivity contribution in [1.82, 2.24) is 20.2 Å². The van der Waals surface area contributed by atoms with E-state index in [0.717, 1.165) is 30.4 Å². The summed E-state index contributed by atoms with van der Waals surface area (Å²) in [4.78, 5) is 23.1. The monoisotopic (exact) mass is 366 g/mol. The Bertz CT molecular complexity index is 934. The van der Waals surface area contributed by atoms with Gasteiger partial charge in [0, 0.05) is 24.7 Å². The molecule has 7 nitrogen and oxygen atoms in total. The van der Waals surface area contributed by atoms with Crippen LogP contribution in [0.4, 0.5) is 0 Å². The van der Waals surface area contributed by atoms with Crippen LogP contribution in [0.1, 0.15) is 22.8 Å². The smallest absolute Gasteiger partial charge is 0.273 e. The number of para-hydroxylation sites is 1. The van der Waals surface area contributed by atoms with Crippen LogP contribution in [0.5, 0.6) is 5.75 Å². The van der Waals surface area contributed by atoms with Crippen LogP contribution in [0.15, 0.2) is 47.2 Å². The Balaban J connectivity index is 1.34. The van der Waals surface area contributed by atoms with Gasteiger partial charge in [-0.15, -0.1) is 0 Å². The third-order valence-corrected chi connectivity index (χ3v) is 4.77. The van der Waals surface area contributed by atoms with Gasteiger partial charge in [0.2, 0.25) is 5.89 Å². The number of nitrogens with one attached hydrogen (secondary N) is 1. The predicted molar refractivity (Wildman–Crippen MR) is 101 cm³/mol. The number of aromatic nitrogens is 2. The van der Waals surface area contributed by atoms with Crippen LogP contribution in [-0.4, -0.2) is 47.5 Å². The van der Waals surface area contributed by atoms with Crippen molar-refractivity contribution in [1.29, 1.82) is 0 Å². The van der Waals surface area contributed by atoms with Gasteiger partial charge in [-0.25, -0.2) is 4.98 Å². The number of fused-ring (bicyclic) bond motifs is 1. The number of amides is 1. The lowest BCUT2D eigenvalue weighted by molar-refractivity contribution is 0.0942. The quantitative estimate of drug-likeness (QED) is 0.722. The van der Waals surface area contributed by atoms with E-state index in [1.807, 2.05) is 30.3 Å². The molecule has 1 aliphatic heterocycles. The summed E-state index contributed by atoms with van der Waals surface area (Å²) in [5, 5.41) is 3.93. The zero-order valence-electron chi connectivity index (χ0n) is 15.2. The molecule has 27 heavy (non-hydrogen) atoms. The van der Waals surface area contributed by atoms with Gasteiger partial charge in [-0.3, -0.25) is 9.78 Å². The summed E-state index contributed by atoms with van der Waals surface area (Å²) in [6.07, 6.45) is 4.20. The minimum absolute atomic E-state index is 0.135. The summed E-state index contributed by atoms with van der Waals surface area (Å²) < 4.78 is 11.2. The topological polar surface area (TPSA) is 80.5 Å². The van der Waals surface area contributed by atoms with Gasteiger partial charge in [-0.2, -0.15) is 0 Å². The van der Waals surface area contributed by atoms with E-state index in [1.54, 1.807) is 6.20 Å². The van der Waals surface area contributed by atoms with Gasteiger partial charge in [-0.1, -0.05) is 18.2 Å². The normalized spacial score (nSPS) is 17.3. The average Bonchev–Trinajstić information content (AvgIpc) is 3.33. The lowest BCUT2D eigenvalue weighted by atomic mass is 10.1. The Kier molecular flexibility index (Phi) is 5.02. The Hall–Kier alpha value is -2.93. The molecule has 0 aliphatic carbocycles. The van der Waals surface area contributed by atoms with Crippen molar-refractivity contribution >= 4 is 16.8 Å². The fourth-order valence-corrected chi connectivity index (χ4v) is 3.33. The van der Waals surface area contributed by atoms with Crippen LogP contribution in [0.3, 0.4) is 0 Å². The first-order chi connectivity index (χ1) is 13.2. The maximum atomic E-state index is 12.2. The van der Waals surface area contributed by atoms with Gasteiger partial charge in [-0.05, 0) is 38.1 Å². The molecule has 0 radical (unpaired) electrons. The number of carbonyl (C=O) groups is 1. The predicted octanol–water partition coefficient (Wildman–Crippen LogP) is 2.48. The first-order valence-electron chi connectivity index (χ1n) is 9.07. The van der Waals surface area contributed by atoms with Gasteiger partial charge >= 0.3 is 0 Å². The van der Waals surface area contributed by atoms with E-state index in [9.17, 15) is 4.79 Å². The van der Waals surface area contributed by atoms with Crippen LogP contribution in [-0.2, 0) is 6.61 Å². The van der Waals surface area contributed by atoms with E-state index in [4.69, 9.17) is 9.15 Å². The maximum absolute atomic E-state index is 12.2. The molecule has 1 saturated heterocycles. The molecule has 2 aromatic heterocycles. The zero-order valence-corrected chi connectivity index (χ0v) is 15.2. The number of hydrogen-bond acceptors (Lipinski definition) is 6. The summed E-state index contributed by atoms with van der Waals surface area (Å²) in [6, 6.07) is 9.60. The van der Waals surface area contributed by atoms with E-state index < -0.39 is 0 Å². The second-order valence-corrected chi connectivity index (χ2v) is 6.87. The van der Waals surface area contributed by atoms with Gasteiger partial charge in [0.1, 0.15) is 17.5 Å². The molecule has 3 heterocycles. The van der Waals surface area contributed by atoms with E-state index in [0.29, 0.717) is 24.1 Å². The molecular weight excluding hydrogens is 344 g/mol. The van der Waals surface area contributed by atoms with Crippen molar-refractivity contribution in [3.05, 3.63) is 54.4 Å². The number of nitrogens with zero attached hydrogens (tertiary/aromatic N) is 3. The van der Waals surface area contributed by atoms with Crippen molar-refractivity contribution in [2.75, 3.05) is 26.7 Å². The van der Waals surface area contributed by atoms with Crippen molar-refractivity contribution < 1.29 is 13.9 Å². The van der Waals surface area contributed by atoms with Crippen molar-refractivity contribution in [3.8, 4) is 5.75 Å². The molecule has 0 bridgehead atoms. The molecule has 1 amide bonds. The average molecular weight is 366 g/mol. The van der Waals surface area contributed by atoms with Crippen molar-refractivity contribution in [3.63, 3.8) is 0 Å². The highest BCUT2D eigenvalue weighted by Crippen LogP contribution is 2.23. The lowest BCUT2D eigenvalue weighted by Crippen LogP contribution is -2.30. The van der Waals surface area contributed by atoms with Crippen LogP contribution in [0.25, 0.3) is 10.9 Å². The molecule has 1 N–H and O–H groups in total. The van der Waals surface area contributed by atoms with Crippen LogP contribution in [0, 0.1) is 5.92 Å². The minimum atomic E-state index is -0.216. The van der Waals surface area contributed by atoms with Gasteiger partial charge in [0.15, 0.2) is 12.3 Å². The number of pyridine rings is 1. The third-order valence-electron chi connectivity index (χ3n) is 4.77. The number of carbonyl (C=O) groups excluding carboxylic acids is 1. The van der Waals surface area contributed by atoms with Gasteiger partial charge in [0.25, 0.3) is 5.91 Å². The van der Waals surface area contributed by atoms with Crippen LogP contribution < -0.4 is 10.1 Å². The maximum Gasteiger partial charge on any atom is 0.273 e. The van der Waals surface area contributed by atoms with Gasteiger partial charge in [0.05, 0.1) is 0 Å². The summed E-state index contributed by atoms with van der Waals surface area (Å²) in [5.41, 5.74) is 1.06. The molecule has 1 aliphatic rings. The Morgan fingerprint density at radius 3 is 3.11 bits per heavy atom. The number of rotatable bonds is 6. The van der Waals surface area contributed by atoms with E-state index in [-0.39, 0.29) is 18.2 Å². The fraction of sp³-hybridized carbons (Fsp3) is 0.350. The standard InChI is InChI=1S/C20H22N4O3/c1-24-9-7-14(11-24)10-22-20(25)16-12-27-18(23-16)13-26-17-6-2-4-15-5-3-8-21-19(15)17/h2-6,8,12,14H,7,9-11,13H2,1H3,(H,22,25)/t14-/m1/s1. The number of ether oxygens (including phenoxy) is 1. The molecule has 1 fully saturated rings. The number of oxazole rings is 1. The number of hydrogen-bond donors (Lipinski definition) is 1. The largest absolute Gasteiger partial charge is 0.482 e. The van der Waals surface area contributed by atoms with E-state index in [1.165, 1.54) is 6.26 Å². The summed E-state index contributed by atoms with van der Waals surface area (Å²) in [7, 11) is 2.09. The molecule has 7 heteroatoms. The summed E-state index contributed by atoms with van der Waals surface area (Å²) >= 11 is 0. The van der Waals surface area contributed by atoms with Gasteiger partial charge < -0.3 is 19.4 Å². The molecule has 0 saturated carbocycles. The lowest BCUT2D eigenvalue weighted by Gasteiger charge is -2.10. The van der Waals surface area contributed by atoms with Crippen molar-refractivity contribution in [2.45, 2.75) is 13.0 Å². The highest BCUT2D eigenvalue weighted by Gasteiger charge is 2.21. The highest BCUT2D eigenvalue weighted by atomic mass is 16.5. The van der Waals surface area contributed by atoms with E-state index in [2.05, 4.69) is 27.2 Å². The third kappa shape index (κ3) is 4.09.